The summed E-state index contributed by atoms with van der Waals surface area (Å²) in [6.07, 6.45) is 0.944. The van der Waals surface area contributed by atoms with Crippen molar-refractivity contribution in [2.45, 2.75) is 6.42 Å². The number of rotatable bonds is 2. The first-order valence-electron chi connectivity index (χ1n) is 2.60. The van der Waals surface area contributed by atoms with Crippen LogP contribution in [0, 0.1) is 0 Å². The van der Waals surface area contributed by atoms with E-state index >= 15 is 0 Å². The predicted molar refractivity (Wildman–Crippen MR) is 37.0 cm³/mol. The van der Waals surface area contributed by atoms with E-state index in [0.29, 0.717) is 0 Å². The molecule has 0 spiro atoms. The van der Waals surface area contributed by atoms with Gasteiger partial charge in [-0.15, -0.1) is 0 Å². The lowest BCUT2D eigenvalue weighted by atomic mass is 10.4. The Morgan fingerprint density at radius 1 is 1.10 bits per heavy atom. The van der Waals surface area contributed by atoms with Crippen LogP contribution in [-0.4, -0.2) is 27.8 Å². The molecule has 0 rings (SSSR count). The van der Waals surface area contributed by atoms with Crippen LogP contribution in [0.15, 0.2) is 0 Å². The lowest BCUT2D eigenvalue weighted by Crippen LogP contribution is -2.06. The van der Waals surface area contributed by atoms with Crippen LogP contribution in [0.5, 0.6) is 0 Å². The molecular formula is C3H13N2O4P. The highest BCUT2D eigenvalue weighted by molar-refractivity contribution is 7.45. The van der Waals surface area contributed by atoms with Gasteiger partial charge in [0.1, 0.15) is 0 Å². The predicted octanol–water partition coefficient (Wildman–Crippen LogP) is -1.63. The van der Waals surface area contributed by atoms with E-state index in [4.69, 9.17) is 30.7 Å². The summed E-state index contributed by atoms with van der Waals surface area (Å²) in [6, 6.07) is 0. The molecule has 0 amide bonds. The molecule has 0 saturated heterocycles. The van der Waals surface area contributed by atoms with E-state index in [9.17, 15) is 0 Å². The summed E-state index contributed by atoms with van der Waals surface area (Å²) in [6.45, 7) is 1.44. The van der Waals surface area contributed by atoms with Gasteiger partial charge in [0.15, 0.2) is 0 Å². The van der Waals surface area contributed by atoms with Gasteiger partial charge in [0.05, 0.1) is 0 Å². The molecule has 0 fully saturated rings. The van der Waals surface area contributed by atoms with Crippen molar-refractivity contribution in [2.75, 3.05) is 13.1 Å². The Labute approximate surface area is 59.1 Å². The first kappa shape index (κ1) is 12.7. The molecule has 0 atom stereocenters. The van der Waals surface area contributed by atoms with Crippen molar-refractivity contribution in [3.05, 3.63) is 0 Å². The fraction of sp³-hybridized carbons (Fsp3) is 1.00. The second-order valence-corrected chi connectivity index (χ2v) is 2.47. The Balaban J connectivity index is 0. The molecule has 0 aliphatic rings. The van der Waals surface area contributed by atoms with Gasteiger partial charge < -0.3 is 26.1 Å². The molecule has 64 valence electrons. The molecule has 0 aromatic carbocycles. The van der Waals surface area contributed by atoms with Crippen molar-refractivity contribution < 1.29 is 19.2 Å². The van der Waals surface area contributed by atoms with Crippen molar-refractivity contribution in [2.24, 2.45) is 11.5 Å². The fourth-order valence-corrected chi connectivity index (χ4v) is 0.118. The van der Waals surface area contributed by atoms with Crippen molar-refractivity contribution in [3.8, 4) is 0 Å². The van der Waals surface area contributed by atoms with Gasteiger partial charge >= 0.3 is 7.82 Å². The Morgan fingerprint density at radius 2 is 1.30 bits per heavy atom. The largest absolute Gasteiger partial charge is 0.466 e. The zero-order chi connectivity index (χ0) is 8.62. The maximum absolute atomic E-state index is 8.88. The van der Waals surface area contributed by atoms with Crippen LogP contribution in [0.4, 0.5) is 0 Å². The van der Waals surface area contributed by atoms with Gasteiger partial charge in [-0.1, -0.05) is 0 Å². The highest BCUT2D eigenvalue weighted by Gasteiger charge is 2.00. The molecule has 0 aromatic heterocycles. The maximum atomic E-state index is 8.88. The average Bonchev–Trinajstić information content (AvgIpc) is 1.63. The molecule has 0 saturated carbocycles. The summed E-state index contributed by atoms with van der Waals surface area (Å²) in [4.78, 5) is 21.6. The molecule has 0 aliphatic heterocycles. The van der Waals surface area contributed by atoms with E-state index in [0.717, 1.165) is 19.5 Å². The average molecular weight is 172 g/mol. The van der Waals surface area contributed by atoms with Gasteiger partial charge in [-0.05, 0) is 19.5 Å². The summed E-state index contributed by atoms with van der Waals surface area (Å²) < 4.78 is 8.88. The molecule has 0 unspecified atom stereocenters. The Kier molecular flexibility index (Phi) is 9.06. The van der Waals surface area contributed by atoms with Crippen LogP contribution in [0.1, 0.15) is 6.42 Å². The fourth-order valence-electron chi connectivity index (χ4n) is 0.118. The smallest absolute Gasteiger partial charge is 0.330 e. The van der Waals surface area contributed by atoms with E-state index in [-0.39, 0.29) is 0 Å². The zero-order valence-corrected chi connectivity index (χ0v) is 6.37. The molecule has 0 aromatic rings. The standard InChI is InChI=1S/C3H10N2.H3O4P/c4-2-1-3-5;1-5(2,3)4/h1-5H2;(H3,1,2,3,4). The van der Waals surface area contributed by atoms with Gasteiger partial charge in [-0.2, -0.15) is 0 Å². The second-order valence-electron chi connectivity index (χ2n) is 1.44. The van der Waals surface area contributed by atoms with Crippen LogP contribution < -0.4 is 11.5 Å². The van der Waals surface area contributed by atoms with Crippen molar-refractivity contribution in [3.63, 3.8) is 0 Å². The second kappa shape index (κ2) is 7.14. The summed E-state index contributed by atoms with van der Waals surface area (Å²) in [5.74, 6) is 0. The zero-order valence-electron chi connectivity index (χ0n) is 5.47. The van der Waals surface area contributed by atoms with Gasteiger partial charge in [0.2, 0.25) is 0 Å². The third-order valence-corrected chi connectivity index (χ3v) is 0.408. The summed E-state index contributed by atoms with van der Waals surface area (Å²) in [5, 5.41) is 0. The molecule has 10 heavy (non-hydrogen) atoms. The number of phosphoric acid groups is 1. The van der Waals surface area contributed by atoms with Crippen molar-refractivity contribution in [1.29, 1.82) is 0 Å². The van der Waals surface area contributed by atoms with Crippen molar-refractivity contribution >= 4 is 7.82 Å². The Bertz CT molecular complexity index is 92.4. The minimum Gasteiger partial charge on any atom is -0.330 e. The summed E-state index contributed by atoms with van der Waals surface area (Å²) in [5.41, 5.74) is 10.1. The molecule has 0 heterocycles. The topological polar surface area (TPSA) is 130 Å². The van der Waals surface area contributed by atoms with E-state index in [2.05, 4.69) is 0 Å². The van der Waals surface area contributed by atoms with E-state index < -0.39 is 7.82 Å². The van der Waals surface area contributed by atoms with Crippen LogP contribution in [-0.2, 0) is 4.57 Å². The molecular weight excluding hydrogens is 159 g/mol. The first-order valence-corrected chi connectivity index (χ1v) is 4.16. The molecule has 0 bridgehead atoms. The third-order valence-electron chi connectivity index (χ3n) is 0.408. The lowest BCUT2D eigenvalue weighted by Gasteiger charge is -1.82. The first-order chi connectivity index (χ1) is 4.41. The molecule has 6 nitrogen and oxygen atoms in total. The van der Waals surface area contributed by atoms with E-state index in [1.165, 1.54) is 0 Å². The molecule has 0 aliphatic carbocycles. The number of hydrogen-bond acceptors (Lipinski definition) is 3. The highest BCUT2D eigenvalue weighted by Crippen LogP contribution is 2.25. The minimum absolute atomic E-state index is 0.719. The van der Waals surface area contributed by atoms with Gasteiger partial charge in [0, 0.05) is 0 Å². The minimum atomic E-state index is -4.64. The summed E-state index contributed by atoms with van der Waals surface area (Å²) >= 11 is 0. The summed E-state index contributed by atoms with van der Waals surface area (Å²) in [7, 11) is -4.64. The van der Waals surface area contributed by atoms with Crippen molar-refractivity contribution in [1.82, 2.24) is 0 Å². The van der Waals surface area contributed by atoms with E-state index in [1.807, 2.05) is 0 Å². The van der Waals surface area contributed by atoms with Gasteiger partial charge in [-0.3, -0.25) is 0 Å². The lowest BCUT2D eigenvalue weighted by molar-refractivity contribution is 0.275. The molecule has 7 N–H and O–H groups in total. The molecule has 7 heteroatoms. The quantitative estimate of drug-likeness (QED) is 0.318. The van der Waals surface area contributed by atoms with Gasteiger partial charge in [-0.25, -0.2) is 4.57 Å². The SMILES string of the molecule is NCCCN.O=P(O)(O)O. The van der Waals surface area contributed by atoms with E-state index in [1.54, 1.807) is 0 Å². The maximum Gasteiger partial charge on any atom is 0.466 e. The third kappa shape index (κ3) is 96.3. The number of nitrogens with two attached hydrogens (primary N) is 2. The van der Waals surface area contributed by atoms with Crippen LogP contribution in [0.25, 0.3) is 0 Å². The normalized spacial score (nSPS) is 10.1. The van der Waals surface area contributed by atoms with Crippen LogP contribution in [0.2, 0.25) is 0 Å². The van der Waals surface area contributed by atoms with Crippen LogP contribution in [0.3, 0.4) is 0 Å². The van der Waals surface area contributed by atoms with Crippen LogP contribution >= 0.6 is 7.82 Å². The highest BCUT2D eigenvalue weighted by atomic mass is 31.2. The Morgan fingerprint density at radius 3 is 1.30 bits per heavy atom. The number of hydrogen-bond donors (Lipinski definition) is 5. The monoisotopic (exact) mass is 172 g/mol. The molecule has 0 radical (unpaired) electrons. The van der Waals surface area contributed by atoms with Gasteiger partial charge in [0.25, 0.3) is 0 Å². The Hall–Kier alpha value is 0.0300.